The molecule has 112 valence electrons. The van der Waals surface area contributed by atoms with Gasteiger partial charge in [0, 0.05) is 12.1 Å². The van der Waals surface area contributed by atoms with Gasteiger partial charge >= 0.3 is 0 Å². The highest BCUT2D eigenvalue weighted by molar-refractivity contribution is 4.85. The molecular weight excluding hydrogens is 232 g/mol. The van der Waals surface area contributed by atoms with Crippen LogP contribution in [0.2, 0.25) is 0 Å². The van der Waals surface area contributed by atoms with Crippen LogP contribution in [0, 0.1) is 11.8 Å². The second-order valence-electron chi connectivity index (χ2n) is 7.05. The summed E-state index contributed by atoms with van der Waals surface area (Å²) in [7, 11) is 0. The van der Waals surface area contributed by atoms with Gasteiger partial charge in [-0.3, -0.25) is 0 Å². The highest BCUT2D eigenvalue weighted by Crippen LogP contribution is 2.30. The van der Waals surface area contributed by atoms with E-state index in [0.717, 1.165) is 23.9 Å². The summed E-state index contributed by atoms with van der Waals surface area (Å²) in [4.78, 5) is 2.75. The van der Waals surface area contributed by atoms with Crippen LogP contribution in [0.15, 0.2) is 0 Å². The van der Waals surface area contributed by atoms with Crippen LogP contribution in [0.4, 0.5) is 0 Å². The Morgan fingerprint density at radius 3 is 2.74 bits per heavy atom. The van der Waals surface area contributed by atoms with Gasteiger partial charge in [0.25, 0.3) is 0 Å². The van der Waals surface area contributed by atoms with Crippen LogP contribution in [-0.2, 0) is 0 Å². The van der Waals surface area contributed by atoms with E-state index in [-0.39, 0.29) is 0 Å². The maximum Gasteiger partial charge on any atom is 0.00958 e. The summed E-state index contributed by atoms with van der Waals surface area (Å²) in [6.45, 7) is 11.0. The number of hydrogen-bond donors (Lipinski definition) is 1. The molecule has 1 heterocycles. The van der Waals surface area contributed by atoms with E-state index in [0.29, 0.717) is 0 Å². The summed E-state index contributed by atoms with van der Waals surface area (Å²) < 4.78 is 0. The lowest BCUT2D eigenvalue weighted by molar-refractivity contribution is 0.119. The minimum Gasteiger partial charge on any atom is -0.314 e. The van der Waals surface area contributed by atoms with Gasteiger partial charge in [0.1, 0.15) is 0 Å². The zero-order chi connectivity index (χ0) is 13.7. The van der Waals surface area contributed by atoms with E-state index in [1.807, 2.05) is 0 Å². The summed E-state index contributed by atoms with van der Waals surface area (Å²) in [5.41, 5.74) is 0. The van der Waals surface area contributed by atoms with Gasteiger partial charge in [0.2, 0.25) is 0 Å². The topological polar surface area (TPSA) is 15.3 Å². The molecule has 0 aromatic heterocycles. The Labute approximate surface area is 120 Å². The van der Waals surface area contributed by atoms with Gasteiger partial charge in [-0.15, -0.1) is 0 Å². The predicted molar refractivity (Wildman–Crippen MR) is 83.5 cm³/mol. The van der Waals surface area contributed by atoms with E-state index >= 15 is 0 Å². The Balaban J connectivity index is 1.72. The number of hydrogen-bond acceptors (Lipinski definition) is 2. The van der Waals surface area contributed by atoms with Crippen LogP contribution < -0.4 is 5.32 Å². The SMILES string of the molecule is CCCNC1CCCC1CCN1CCC(C)CC1C. The van der Waals surface area contributed by atoms with Crippen molar-refractivity contribution in [1.82, 2.24) is 10.2 Å². The quantitative estimate of drug-likeness (QED) is 0.789. The molecule has 2 heteroatoms. The summed E-state index contributed by atoms with van der Waals surface area (Å²) in [6, 6.07) is 1.63. The molecule has 0 aromatic rings. The minimum absolute atomic E-state index is 0.812. The highest BCUT2D eigenvalue weighted by atomic mass is 15.2. The Hall–Kier alpha value is -0.0800. The van der Waals surface area contributed by atoms with E-state index < -0.39 is 0 Å². The van der Waals surface area contributed by atoms with Gasteiger partial charge in [-0.1, -0.05) is 20.3 Å². The van der Waals surface area contributed by atoms with Crippen LogP contribution in [-0.4, -0.2) is 36.6 Å². The fraction of sp³-hybridized carbons (Fsp3) is 1.00. The van der Waals surface area contributed by atoms with Crippen LogP contribution in [0.25, 0.3) is 0 Å². The van der Waals surface area contributed by atoms with E-state index in [9.17, 15) is 0 Å². The third-order valence-corrected chi connectivity index (χ3v) is 5.38. The van der Waals surface area contributed by atoms with Crippen LogP contribution in [0.1, 0.15) is 65.7 Å². The van der Waals surface area contributed by atoms with Gasteiger partial charge in [0.05, 0.1) is 0 Å². The number of nitrogens with one attached hydrogen (secondary N) is 1. The van der Waals surface area contributed by atoms with Crippen molar-refractivity contribution >= 4 is 0 Å². The highest BCUT2D eigenvalue weighted by Gasteiger charge is 2.28. The molecule has 1 aliphatic heterocycles. The third kappa shape index (κ3) is 4.46. The molecule has 0 bridgehead atoms. The second-order valence-corrected chi connectivity index (χ2v) is 7.05. The van der Waals surface area contributed by atoms with Gasteiger partial charge in [0.15, 0.2) is 0 Å². The van der Waals surface area contributed by atoms with Crippen molar-refractivity contribution in [2.24, 2.45) is 11.8 Å². The number of likely N-dealkylation sites (tertiary alicyclic amines) is 1. The first-order chi connectivity index (χ1) is 9.20. The summed E-state index contributed by atoms with van der Waals surface area (Å²) in [5, 5.41) is 3.77. The third-order valence-electron chi connectivity index (χ3n) is 5.38. The van der Waals surface area contributed by atoms with Crippen LogP contribution >= 0.6 is 0 Å². The van der Waals surface area contributed by atoms with Gasteiger partial charge < -0.3 is 10.2 Å². The summed E-state index contributed by atoms with van der Waals surface area (Å²) in [6.07, 6.45) is 9.81. The van der Waals surface area contributed by atoms with Crippen LogP contribution in [0.3, 0.4) is 0 Å². The smallest absolute Gasteiger partial charge is 0.00958 e. The Morgan fingerprint density at radius 2 is 2.00 bits per heavy atom. The molecule has 2 nitrogen and oxygen atoms in total. The number of piperidine rings is 1. The second kappa shape index (κ2) is 7.64. The molecule has 2 aliphatic rings. The van der Waals surface area contributed by atoms with Gasteiger partial charge in [-0.05, 0) is 76.9 Å². The van der Waals surface area contributed by atoms with Gasteiger partial charge in [-0.25, -0.2) is 0 Å². The van der Waals surface area contributed by atoms with Crippen molar-refractivity contribution in [3.8, 4) is 0 Å². The van der Waals surface area contributed by atoms with E-state index in [2.05, 4.69) is 31.0 Å². The van der Waals surface area contributed by atoms with Crippen molar-refractivity contribution in [2.75, 3.05) is 19.6 Å². The van der Waals surface area contributed by atoms with E-state index in [4.69, 9.17) is 0 Å². The fourth-order valence-corrected chi connectivity index (χ4v) is 4.10. The normalized spacial score (nSPS) is 36.8. The molecule has 2 rings (SSSR count). The minimum atomic E-state index is 0.812. The zero-order valence-corrected chi connectivity index (χ0v) is 13.3. The predicted octanol–water partition coefficient (Wildman–Crippen LogP) is 3.67. The number of rotatable bonds is 6. The molecule has 2 fully saturated rings. The molecule has 19 heavy (non-hydrogen) atoms. The molecule has 4 atom stereocenters. The first-order valence-electron chi connectivity index (χ1n) is 8.68. The molecule has 0 aromatic carbocycles. The molecule has 1 saturated carbocycles. The first kappa shape index (κ1) is 15.3. The molecule has 1 aliphatic carbocycles. The summed E-state index contributed by atoms with van der Waals surface area (Å²) >= 11 is 0. The maximum absolute atomic E-state index is 3.77. The number of nitrogens with zero attached hydrogens (tertiary/aromatic N) is 1. The standard InChI is InChI=1S/C17H34N2/c1-4-10-18-17-7-5-6-16(17)9-12-19-11-8-14(2)13-15(19)3/h14-18H,4-13H2,1-3H3. The van der Waals surface area contributed by atoms with Gasteiger partial charge in [-0.2, -0.15) is 0 Å². The van der Waals surface area contributed by atoms with Crippen molar-refractivity contribution in [1.29, 1.82) is 0 Å². The van der Waals surface area contributed by atoms with E-state index in [1.165, 1.54) is 64.6 Å². The Morgan fingerprint density at radius 1 is 1.16 bits per heavy atom. The van der Waals surface area contributed by atoms with Crippen molar-refractivity contribution in [3.63, 3.8) is 0 Å². The molecule has 1 N–H and O–H groups in total. The molecule has 0 radical (unpaired) electrons. The van der Waals surface area contributed by atoms with Crippen LogP contribution in [0.5, 0.6) is 0 Å². The molecule has 0 spiro atoms. The molecule has 1 saturated heterocycles. The average molecular weight is 266 g/mol. The van der Waals surface area contributed by atoms with Crippen molar-refractivity contribution in [2.45, 2.75) is 77.8 Å². The fourth-order valence-electron chi connectivity index (χ4n) is 4.10. The Kier molecular flexibility index (Phi) is 6.15. The van der Waals surface area contributed by atoms with Crippen molar-refractivity contribution < 1.29 is 0 Å². The zero-order valence-electron chi connectivity index (χ0n) is 13.3. The largest absolute Gasteiger partial charge is 0.314 e. The lowest BCUT2D eigenvalue weighted by atomic mass is 9.92. The lowest BCUT2D eigenvalue weighted by Gasteiger charge is -2.37. The summed E-state index contributed by atoms with van der Waals surface area (Å²) in [5.74, 6) is 1.88. The molecule has 0 amide bonds. The Bertz CT molecular complexity index is 254. The van der Waals surface area contributed by atoms with E-state index in [1.54, 1.807) is 0 Å². The average Bonchev–Trinajstić information content (AvgIpc) is 2.83. The maximum atomic E-state index is 3.77. The van der Waals surface area contributed by atoms with Crippen molar-refractivity contribution in [3.05, 3.63) is 0 Å². The molecule has 4 unspecified atom stereocenters. The monoisotopic (exact) mass is 266 g/mol. The lowest BCUT2D eigenvalue weighted by Crippen LogP contribution is -2.42. The molecular formula is C17H34N2. The first-order valence-corrected chi connectivity index (χ1v) is 8.68.